The summed E-state index contributed by atoms with van der Waals surface area (Å²) in [6, 6.07) is 0. The molecule has 0 rings (SSSR count). The topological polar surface area (TPSA) is 107 Å². The highest BCUT2D eigenvalue weighted by molar-refractivity contribution is 7.80. The number of nitrogens with one attached hydrogen (secondary N) is 1. The summed E-state index contributed by atoms with van der Waals surface area (Å²) in [6.45, 7) is 4.25. The van der Waals surface area contributed by atoms with E-state index in [2.05, 4.69) is 17.9 Å². The van der Waals surface area contributed by atoms with Gasteiger partial charge >= 0.3 is 0 Å². The van der Waals surface area contributed by atoms with Crippen molar-refractivity contribution < 1.29 is 26.0 Å². The number of amides is 3. The normalized spacial score (nSPS) is 13.2. The molecule has 30 heavy (non-hydrogen) atoms. The number of carbonyl (C=O) groups is 3. The van der Waals surface area contributed by atoms with Gasteiger partial charge in [0, 0.05) is 37.1 Å². The van der Waals surface area contributed by atoms with Gasteiger partial charge in [-0.3, -0.25) is 19.3 Å². The molecule has 174 valence electrons. The molecular weight excluding hydrogens is 404 g/mol. The first kappa shape index (κ1) is 26.7. The van der Waals surface area contributed by atoms with Gasteiger partial charge in [0.15, 0.2) is 0 Å². The molecule has 3 amide bonds. The van der Waals surface area contributed by atoms with Gasteiger partial charge in [-0.2, -0.15) is 12.6 Å². The van der Waals surface area contributed by atoms with Gasteiger partial charge in [-0.15, -0.1) is 6.55 Å². The molecule has 0 saturated heterocycles. The fourth-order valence-corrected chi connectivity index (χ4v) is 2.92. The Labute approximate surface area is 188 Å². The maximum absolute atomic E-state index is 12.8. The predicted octanol–water partition coefficient (Wildman–Crippen LogP) is 2.46. The molecule has 7 nitrogen and oxygen atoms in total. The molecule has 0 bridgehead atoms. The first-order chi connectivity index (χ1) is 14.7. The van der Waals surface area contributed by atoms with Gasteiger partial charge in [0.25, 0.3) is 5.91 Å². The van der Waals surface area contributed by atoms with E-state index in [1.54, 1.807) is 0 Å². The second-order valence-corrected chi connectivity index (χ2v) is 8.60. The number of hydrogen-bond acceptors (Lipinski definition) is 6. The molecule has 0 aliphatic carbocycles. The highest BCUT2D eigenvalue weighted by atomic mass is 32.1. The summed E-state index contributed by atoms with van der Waals surface area (Å²) in [5.41, 5.74) is -1.10. The average Bonchev–Trinajstić information content (AvgIpc) is 2.75. The molecule has 8 heteroatoms. The van der Waals surface area contributed by atoms with Crippen LogP contribution in [0.15, 0.2) is 12.6 Å². The number of imide groups is 1. The number of aliphatic hydroxyl groups is 2. The van der Waals surface area contributed by atoms with E-state index in [0.29, 0.717) is 18.7 Å². The molecule has 0 saturated carbocycles. The molecular formula is C22H40N2O5S. The zero-order chi connectivity index (χ0) is 23.7. The van der Waals surface area contributed by atoms with Crippen LogP contribution in [0.4, 0.5) is 0 Å². The summed E-state index contributed by atoms with van der Waals surface area (Å²) < 4.78 is 6.94. The summed E-state index contributed by atoms with van der Waals surface area (Å²) >= 11 is 4.02. The Kier molecular flexibility index (Phi) is 14.5. The van der Waals surface area contributed by atoms with Crippen molar-refractivity contribution in [2.75, 3.05) is 25.4 Å². The molecule has 0 radical (unpaired) electrons. The standard InChI is InChI=1S/C22H40N2O5S/c1-4-5-6-7-8-9-10-11-12-19(27)24(15-13-18(26)23-14-16-30)21(29)20(28)22(2,3)17-25/h4,20,25,28,30H,1,5-17H2,2-3H3,(H,23,26)/t20-/m0/s1/i1D. The van der Waals surface area contributed by atoms with E-state index in [1.165, 1.54) is 20.4 Å². The summed E-state index contributed by atoms with van der Waals surface area (Å²) in [5, 5.41) is 22.5. The van der Waals surface area contributed by atoms with Crippen molar-refractivity contribution >= 4 is 30.4 Å². The van der Waals surface area contributed by atoms with Gasteiger partial charge in [-0.05, 0) is 19.3 Å². The van der Waals surface area contributed by atoms with Gasteiger partial charge < -0.3 is 15.5 Å². The molecule has 1 atom stereocenters. The SMILES string of the molecule is [2H]C=CCCCCCCCCC(=O)N(CCC(=O)NCCS)C(=O)[C@H](O)C(C)(C)CO. The monoisotopic (exact) mass is 445 g/mol. The number of carbonyl (C=O) groups excluding carboxylic acids is 3. The van der Waals surface area contributed by atoms with Gasteiger partial charge in [0.2, 0.25) is 11.8 Å². The van der Waals surface area contributed by atoms with Crippen LogP contribution in [-0.2, 0) is 14.4 Å². The summed E-state index contributed by atoms with van der Waals surface area (Å²) in [5.74, 6) is -1.01. The zero-order valence-corrected chi connectivity index (χ0v) is 19.3. The van der Waals surface area contributed by atoms with E-state index in [-0.39, 0.29) is 25.3 Å². The zero-order valence-electron chi connectivity index (χ0n) is 19.4. The Morgan fingerprint density at radius 1 is 1.17 bits per heavy atom. The van der Waals surface area contributed by atoms with Crippen LogP contribution in [0.1, 0.15) is 73.0 Å². The van der Waals surface area contributed by atoms with Gasteiger partial charge in [0.05, 0.1) is 7.98 Å². The summed E-state index contributed by atoms with van der Waals surface area (Å²) in [4.78, 5) is 38.3. The van der Waals surface area contributed by atoms with Crippen LogP contribution >= 0.6 is 12.6 Å². The fraction of sp³-hybridized carbons (Fsp3) is 0.773. The lowest BCUT2D eigenvalue weighted by Crippen LogP contribution is -2.50. The van der Waals surface area contributed by atoms with E-state index >= 15 is 0 Å². The lowest BCUT2D eigenvalue weighted by molar-refractivity contribution is -0.156. The summed E-state index contributed by atoms with van der Waals surface area (Å²) in [7, 11) is 0. The molecule has 0 aromatic rings. The van der Waals surface area contributed by atoms with Crippen molar-refractivity contribution in [1.82, 2.24) is 10.2 Å². The van der Waals surface area contributed by atoms with E-state index in [9.17, 15) is 24.6 Å². The first-order valence-electron chi connectivity index (χ1n) is 11.3. The number of unbranched alkanes of at least 4 members (excludes halogenated alkanes) is 6. The van der Waals surface area contributed by atoms with Crippen LogP contribution in [0.3, 0.4) is 0 Å². The highest BCUT2D eigenvalue weighted by Gasteiger charge is 2.37. The summed E-state index contributed by atoms with van der Waals surface area (Å²) in [6.07, 6.45) is 6.95. The Morgan fingerprint density at radius 3 is 2.40 bits per heavy atom. The molecule has 0 unspecified atom stereocenters. The lowest BCUT2D eigenvalue weighted by Gasteiger charge is -2.31. The van der Waals surface area contributed by atoms with Crippen molar-refractivity contribution in [2.45, 2.75) is 77.7 Å². The predicted molar refractivity (Wildman–Crippen MR) is 122 cm³/mol. The number of hydrogen-bond donors (Lipinski definition) is 4. The van der Waals surface area contributed by atoms with E-state index in [0.717, 1.165) is 43.4 Å². The number of rotatable bonds is 17. The van der Waals surface area contributed by atoms with Crippen LogP contribution in [-0.4, -0.2) is 64.4 Å². The third kappa shape index (κ3) is 11.7. The smallest absolute Gasteiger partial charge is 0.258 e. The third-order valence-electron chi connectivity index (χ3n) is 4.96. The Balaban J connectivity index is 4.71. The van der Waals surface area contributed by atoms with E-state index in [1.807, 2.05) is 6.08 Å². The van der Waals surface area contributed by atoms with Crippen molar-refractivity contribution in [1.29, 1.82) is 0 Å². The Morgan fingerprint density at radius 2 is 1.80 bits per heavy atom. The number of aliphatic hydroxyl groups excluding tert-OH is 2. The van der Waals surface area contributed by atoms with Crippen LogP contribution in [0, 0.1) is 5.41 Å². The Hall–Kier alpha value is -1.38. The Bertz CT molecular complexity index is 572. The largest absolute Gasteiger partial charge is 0.396 e. The number of allylic oxidation sites excluding steroid dienone is 1. The minimum absolute atomic E-state index is 0.0513. The fourth-order valence-electron chi connectivity index (χ4n) is 2.80. The molecule has 3 N–H and O–H groups in total. The lowest BCUT2D eigenvalue weighted by atomic mass is 9.86. The number of nitrogens with zero attached hydrogens (tertiary/aromatic N) is 1. The van der Waals surface area contributed by atoms with Crippen LogP contribution < -0.4 is 5.32 Å². The van der Waals surface area contributed by atoms with Crippen LogP contribution in [0.25, 0.3) is 0 Å². The minimum atomic E-state index is -1.54. The van der Waals surface area contributed by atoms with Gasteiger partial charge in [-0.25, -0.2) is 0 Å². The molecule has 0 heterocycles. The van der Waals surface area contributed by atoms with Crippen LogP contribution in [0.5, 0.6) is 0 Å². The average molecular weight is 446 g/mol. The maximum atomic E-state index is 12.8. The van der Waals surface area contributed by atoms with Crippen molar-refractivity contribution in [3.8, 4) is 0 Å². The molecule has 0 aliphatic rings. The highest BCUT2D eigenvalue weighted by Crippen LogP contribution is 2.22. The second kappa shape index (κ2) is 16.3. The van der Waals surface area contributed by atoms with Crippen molar-refractivity contribution in [3.05, 3.63) is 12.6 Å². The molecule has 0 fully saturated rings. The maximum Gasteiger partial charge on any atom is 0.258 e. The number of thiol groups is 1. The van der Waals surface area contributed by atoms with E-state index in [4.69, 9.17) is 1.37 Å². The van der Waals surface area contributed by atoms with Gasteiger partial charge in [-0.1, -0.05) is 45.6 Å². The molecule has 0 aliphatic heterocycles. The third-order valence-corrected chi connectivity index (χ3v) is 5.18. The molecule has 0 aromatic carbocycles. The molecule has 0 spiro atoms. The van der Waals surface area contributed by atoms with Crippen molar-refractivity contribution in [2.24, 2.45) is 5.41 Å². The van der Waals surface area contributed by atoms with E-state index < -0.39 is 29.9 Å². The molecule has 0 aromatic heterocycles. The van der Waals surface area contributed by atoms with Crippen LogP contribution in [0.2, 0.25) is 0 Å². The minimum Gasteiger partial charge on any atom is -0.396 e. The first-order valence-corrected chi connectivity index (χ1v) is 11.4. The van der Waals surface area contributed by atoms with Gasteiger partial charge in [0.1, 0.15) is 6.10 Å². The second-order valence-electron chi connectivity index (χ2n) is 8.15. The van der Waals surface area contributed by atoms with Crippen molar-refractivity contribution in [3.63, 3.8) is 0 Å². The quantitative estimate of drug-likeness (QED) is 0.156.